The maximum absolute atomic E-state index is 12.4. The third-order valence-electron chi connectivity index (χ3n) is 3.04. The number of hydrogen-bond acceptors (Lipinski definition) is 3. The lowest BCUT2D eigenvalue weighted by molar-refractivity contribution is 0.0993. The Hall–Kier alpha value is -2.62. The van der Waals surface area contributed by atoms with E-state index in [1.807, 2.05) is 13.0 Å². The van der Waals surface area contributed by atoms with E-state index < -0.39 is 0 Å². The summed E-state index contributed by atoms with van der Waals surface area (Å²) in [4.78, 5) is 24.8. The summed E-state index contributed by atoms with van der Waals surface area (Å²) in [6, 6.07) is 12.2. The normalized spacial score (nSPS) is 10.1. The summed E-state index contributed by atoms with van der Waals surface area (Å²) in [5.74, 6) is -0.178. The van der Waals surface area contributed by atoms with Crippen molar-refractivity contribution in [1.29, 1.82) is 0 Å². The highest BCUT2D eigenvalue weighted by Crippen LogP contribution is 2.19. The van der Waals surface area contributed by atoms with Gasteiger partial charge in [0.25, 0.3) is 5.91 Å². The number of aldehydes is 1. The molecule has 0 bridgehead atoms. The first-order valence-corrected chi connectivity index (χ1v) is 6.22. The minimum absolute atomic E-state index is 0.178. The molecule has 0 saturated heterocycles. The number of nitrogens with zero attached hydrogens (tertiary/aromatic N) is 1. The molecule has 1 amide bonds. The molecule has 20 heavy (non-hydrogen) atoms. The van der Waals surface area contributed by atoms with Gasteiger partial charge in [-0.25, -0.2) is 0 Å². The maximum Gasteiger partial charge on any atom is 0.258 e. The molecule has 2 rings (SSSR count). The van der Waals surface area contributed by atoms with E-state index in [9.17, 15) is 9.59 Å². The fourth-order valence-corrected chi connectivity index (χ4v) is 2.05. The number of benzene rings is 2. The van der Waals surface area contributed by atoms with Crippen LogP contribution in [0.4, 0.5) is 11.4 Å². The Morgan fingerprint density at radius 2 is 1.95 bits per heavy atom. The number of carbonyl (C=O) groups excluding carboxylic acids is 2. The zero-order valence-corrected chi connectivity index (χ0v) is 11.5. The molecule has 0 unspecified atom stereocenters. The van der Waals surface area contributed by atoms with Crippen LogP contribution >= 0.6 is 0 Å². The van der Waals surface area contributed by atoms with Crippen molar-refractivity contribution < 1.29 is 9.59 Å². The van der Waals surface area contributed by atoms with Crippen LogP contribution in [0, 0.1) is 6.92 Å². The van der Waals surface area contributed by atoms with Crippen molar-refractivity contribution in [3.05, 3.63) is 59.2 Å². The van der Waals surface area contributed by atoms with Crippen molar-refractivity contribution in [3.8, 4) is 0 Å². The van der Waals surface area contributed by atoms with Crippen molar-refractivity contribution in [1.82, 2.24) is 0 Å². The summed E-state index contributed by atoms with van der Waals surface area (Å²) in [5.41, 5.74) is 8.88. The van der Waals surface area contributed by atoms with Crippen molar-refractivity contribution in [2.24, 2.45) is 0 Å². The van der Waals surface area contributed by atoms with E-state index in [1.165, 1.54) is 4.90 Å². The average molecular weight is 268 g/mol. The number of anilines is 2. The summed E-state index contributed by atoms with van der Waals surface area (Å²) in [7, 11) is 1.68. The molecule has 0 aliphatic rings. The number of amides is 1. The van der Waals surface area contributed by atoms with Crippen LogP contribution < -0.4 is 10.6 Å². The van der Waals surface area contributed by atoms with Gasteiger partial charge in [0.2, 0.25) is 0 Å². The molecule has 2 N–H and O–H groups in total. The van der Waals surface area contributed by atoms with Crippen molar-refractivity contribution >= 4 is 23.6 Å². The Morgan fingerprint density at radius 1 is 1.20 bits per heavy atom. The number of rotatable bonds is 3. The fraction of sp³-hybridized carbons (Fsp3) is 0.125. The third-order valence-corrected chi connectivity index (χ3v) is 3.04. The molecule has 0 radical (unpaired) electrons. The molecule has 0 fully saturated rings. The zero-order valence-electron chi connectivity index (χ0n) is 11.5. The van der Waals surface area contributed by atoms with Crippen LogP contribution in [0.1, 0.15) is 26.3 Å². The van der Waals surface area contributed by atoms with Crippen molar-refractivity contribution in [2.45, 2.75) is 6.92 Å². The van der Waals surface area contributed by atoms with E-state index >= 15 is 0 Å². The lowest BCUT2D eigenvalue weighted by Gasteiger charge is -2.18. The van der Waals surface area contributed by atoms with E-state index in [1.54, 1.807) is 43.4 Å². The second-order valence-electron chi connectivity index (χ2n) is 4.71. The topological polar surface area (TPSA) is 63.4 Å². The summed E-state index contributed by atoms with van der Waals surface area (Å²) in [6.07, 6.45) is 0.740. The Balaban J connectivity index is 2.35. The minimum Gasteiger partial charge on any atom is -0.399 e. The molecule has 0 aromatic heterocycles. The van der Waals surface area contributed by atoms with E-state index in [0.717, 1.165) is 11.8 Å². The van der Waals surface area contributed by atoms with E-state index in [2.05, 4.69) is 0 Å². The van der Waals surface area contributed by atoms with Crippen LogP contribution in [-0.2, 0) is 0 Å². The van der Waals surface area contributed by atoms with Gasteiger partial charge in [-0.2, -0.15) is 0 Å². The fourth-order valence-electron chi connectivity index (χ4n) is 2.05. The van der Waals surface area contributed by atoms with Crippen LogP contribution in [0.5, 0.6) is 0 Å². The van der Waals surface area contributed by atoms with Gasteiger partial charge in [-0.15, -0.1) is 0 Å². The highest BCUT2D eigenvalue weighted by atomic mass is 16.2. The van der Waals surface area contributed by atoms with E-state index in [-0.39, 0.29) is 5.91 Å². The van der Waals surface area contributed by atoms with Crippen LogP contribution in [0.3, 0.4) is 0 Å². The van der Waals surface area contributed by atoms with E-state index in [4.69, 9.17) is 5.73 Å². The largest absolute Gasteiger partial charge is 0.399 e. The number of nitrogens with two attached hydrogens (primary N) is 1. The van der Waals surface area contributed by atoms with E-state index in [0.29, 0.717) is 22.5 Å². The quantitative estimate of drug-likeness (QED) is 0.687. The summed E-state index contributed by atoms with van der Waals surface area (Å²) >= 11 is 0. The van der Waals surface area contributed by atoms with Gasteiger partial charge in [-0.3, -0.25) is 9.59 Å². The number of hydrogen-bond donors (Lipinski definition) is 1. The lowest BCUT2D eigenvalue weighted by atomic mass is 10.1. The zero-order chi connectivity index (χ0) is 14.7. The average Bonchev–Trinajstić information content (AvgIpc) is 2.45. The molecule has 0 aliphatic carbocycles. The summed E-state index contributed by atoms with van der Waals surface area (Å²) < 4.78 is 0. The first kappa shape index (κ1) is 13.8. The van der Waals surface area contributed by atoms with Gasteiger partial charge in [-0.05, 0) is 48.9 Å². The van der Waals surface area contributed by atoms with Gasteiger partial charge in [0.1, 0.15) is 6.29 Å². The second-order valence-corrected chi connectivity index (χ2v) is 4.71. The SMILES string of the molecule is Cc1cc(C=O)cc(C(=O)N(C)c2cccc(N)c2)c1. The van der Waals surface area contributed by atoms with Gasteiger partial charge in [0.05, 0.1) is 0 Å². The van der Waals surface area contributed by atoms with Crippen molar-refractivity contribution in [3.63, 3.8) is 0 Å². The van der Waals surface area contributed by atoms with Gasteiger partial charge in [-0.1, -0.05) is 6.07 Å². The number of nitrogen functional groups attached to an aromatic ring is 1. The number of carbonyl (C=O) groups is 2. The second kappa shape index (κ2) is 5.57. The summed E-state index contributed by atoms with van der Waals surface area (Å²) in [5, 5.41) is 0. The Labute approximate surface area is 117 Å². The molecular formula is C16H16N2O2. The smallest absolute Gasteiger partial charge is 0.258 e. The first-order valence-electron chi connectivity index (χ1n) is 6.22. The molecule has 4 nitrogen and oxygen atoms in total. The molecule has 0 saturated carbocycles. The van der Waals surface area contributed by atoms with Crippen molar-refractivity contribution in [2.75, 3.05) is 17.7 Å². The van der Waals surface area contributed by atoms with Crippen LogP contribution in [-0.4, -0.2) is 19.2 Å². The molecule has 102 valence electrons. The van der Waals surface area contributed by atoms with Crippen LogP contribution in [0.15, 0.2) is 42.5 Å². The Kier molecular flexibility index (Phi) is 3.84. The third kappa shape index (κ3) is 2.85. The molecule has 2 aromatic rings. The Morgan fingerprint density at radius 3 is 2.60 bits per heavy atom. The molecular weight excluding hydrogens is 252 g/mol. The molecule has 2 aromatic carbocycles. The molecule has 0 atom stereocenters. The Bertz CT molecular complexity index is 665. The van der Waals surface area contributed by atoms with Crippen LogP contribution in [0.2, 0.25) is 0 Å². The monoisotopic (exact) mass is 268 g/mol. The predicted octanol–water partition coefficient (Wildman–Crippen LogP) is 2.67. The van der Waals surface area contributed by atoms with Gasteiger partial charge in [0.15, 0.2) is 0 Å². The standard InChI is InChI=1S/C16H16N2O2/c1-11-6-12(10-19)8-13(7-11)16(20)18(2)15-5-3-4-14(17)9-15/h3-10H,17H2,1-2H3. The maximum atomic E-state index is 12.4. The highest BCUT2D eigenvalue weighted by molar-refractivity contribution is 6.06. The molecule has 0 aliphatic heterocycles. The lowest BCUT2D eigenvalue weighted by Crippen LogP contribution is -2.26. The molecule has 0 heterocycles. The predicted molar refractivity (Wildman–Crippen MR) is 80.2 cm³/mol. The molecule has 0 spiro atoms. The van der Waals surface area contributed by atoms with Gasteiger partial charge >= 0.3 is 0 Å². The van der Waals surface area contributed by atoms with Gasteiger partial charge < -0.3 is 10.6 Å². The van der Waals surface area contributed by atoms with Gasteiger partial charge in [0, 0.05) is 29.5 Å². The summed E-state index contributed by atoms with van der Waals surface area (Å²) in [6.45, 7) is 1.85. The van der Waals surface area contributed by atoms with Crippen LogP contribution in [0.25, 0.3) is 0 Å². The first-order chi connectivity index (χ1) is 9.51. The highest BCUT2D eigenvalue weighted by Gasteiger charge is 2.14. The number of aryl methyl sites for hydroxylation is 1. The molecule has 4 heteroatoms. The minimum atomic E-state index is -0.178.